The van der Waals surface area contributed by atoms with Gasteiger partial charge in [0.25, 0.3) is 0 Å². The van der Waals surface area contributed by atoms with Crippen molar-refractivity contribution >= 4 is 11.9 Å². The lowest BCUT2D eigenvalue weighted by molar-refractivity contribution is -0.0177. The number of benzene rings is 2. The first-order valence-corrected chi connectivity index (χ1v) is 9.57. The highest BCUT2D eigenvalue weighted by Crippen LogP contribution is 2.30. The number of phenols is 2. The molecule has 0 aromatic heterocycles. The van der Waals surface area contributed by atoms with Crippen LogP contribution in [0.5, 0.6) is 23.0 Å². The molecule has 2 atom stereocenters. The third kappa shape index (κ3) is 4.94. The Kier molecular flexibility index (Phi) is 6.66. The average molecular weight is 416 g/mol. The SMILES string of the molecule is COc1cc(C(=O)O[C@@H]2CCC[C@H](OC(=O)c3ccc(O)c(OC)c3)C2)ccc1O. The molecule has 3 rings (SSSR count). The Morgan fingerprint density at radius 2 is 1.23 bits per heavy atom. The molecule has 160 valence electrons. The van der Waals surface area contributed by atoms with Crippen LogP contribution in [0.2, 0.25) is 0 Å². The first kappa shape index (κ1) is 21.3. The first-order valence-electron chi connectivity index (χ1n) is 9.57. The summed E-state index contributed by atoms with van der Waals surface area (Å²) in [7, 11) is 2.79. The van der Waals surface area contributed by atoms with E-state index in [2.05, 4.69) is 0 Å². The van der Waals surface area contributed by atoms with Gasteiger partial charge in [0.2, 0.25) is 0 Å². The van der Waals surface area contributed by atoms with Crippen LogP contribution < -0.4 is 9.47 Å². The number of phenolic OH excluding ortho intramolecular Hbond substituents is 2. The Bertz CT molecular complexity index is 850. The second kappa shape index (κ2) is 9.39. The van der Waals surface area contributed by atoms with Gasteiger partial charge in [0.15, 0.2) is 23.0 Å². The fraction of sp³-hybridized carbons (Fsp3) is 0.364. The molecule has 1 aliphatic rings. The van der Waals surface area contributed by atoms with Gasteiger partial charge in [-0.05, 0) is 55.7 Å². The highest BCUT2D eigenvalue weighted by atomic mass is 16.6. The molecule has 0 radical (unpaired) electrons. The molecule has 0 heterocycles. The van der Waals surface area contributed by atoms with Crippen molar-refractivity contribution in [3.8, 4) is 23.0 Å². The number of methoxy groups -OCH3 is 2. The van der Waals surface area contributed by atoms with Gasteiger partial charge in [-0.3, -0.25) is 0 Å². The van der Waals surface area contributed by atoms with E-state index >= 15 is 0 Å². The predicted molar refractivity (Wildman–Crippen MR) is 106 cm³/mol. The van der Waals surface area contributed by atoms with Crippen LogP contribution in [0, 0.1) is 0 Å². The van der Waals surface area contributed by atoms with Gasteiger partial charge in [-0.25, -0.2) is 9.59 Å². The van der Waals surface area contributed by atoms with Crippen molar-refractivity contribution in [2.45, 2.75) is 37.9 Å². The van der Waals surface area contributed by atoms with Crippen molar-refractivity contribution in [3.05, 3.63) is 47.5 Å². The van der Waals surface area contributed by atoms with Crippen LogP contribution in [0.25, 0.3) is 0 Å². The van der Waals surface area contributed by atoms with Gasteiger partial charge in [-0.1, -0.05) is 0 Å². The monoisotopic (exact) mass is 416 g/mol. The van der Waals surface area contributed by atoms with E-state index < -0.39 is 24.1 Å². The number of ether oxygens (including phenoxy) is 4. The van der Waals surface area contributed by atoms with Crippen LogP contribution in [0.15, 0.2) is 36.4 Å². The second-order valence-electron chi connectivity index (χ2n) is 6.99. The highest BCUT2D eigenvalue weighted by molar-refractivity contribution is 5.91. The molecule has 0 aliphatic heterocycles. The van der Waals surface area contributed by atoms with Crippen molar-refractivity contribution in [2.24, 2.45) is 0 Å². The number of carbonyl (C=O) groups is 2. The maximum Gasteiger partial charge on any atom is 0.338 e. The molecule has 1 fully saturated rings. The zero-order chi connectivity index (χ0) is 21.7. The van der Waals surface area contributed by atoms with Crippen LogP contribution >= 0.6 is 0 Å². The first-order chi connectivity index (χ1) is 14.4. The van der Waals surface area contributed by atoms with Gasteiger partial charge in [-0.15, -0.1) is 0 Å². The Morgan fingerprint density at radius 1 is 0.800 bits per heavy atom. The maximum absolute atomic E-state index is 12.4. The van der Waals surface area contributed by atoms with E-state index in [1.165, 1.54) is 50.6 Å². The summed E-state index contributed by atoms with van der Waals surface area (Å²) < 4.78 is 21.2. The van der Waals surface area contributed by atoms with E-state index in [1.807, 2.05) is 0 Å². The summed E-state index contributed by atoms with van der Waals surface area (Å²) in [6.07, 6.45) is 1.69. The summed E-state index contributed by atoms with van der Waals surface area (Å²) in [4.78, 5) is 24.9. The molecule has 0 amide bonds. The molecule has 1 saturated carbocycles. The van der Waals surface area contributed by atoms with E-state index in [1.54, 1.807) is 0 Å². The quantitative estimate of drug-likeness (QED) is 0.689. The molecule has 2 aromatic rings. The van der Waals surface area contributed by atoms with Gasteiger partial charge in [-0.2, -0.15) is 0 Å². The Morgan fingerprint density at radius 3 is 1.63 bits per heavy atom. The Balaban J connectivity index is 1.60. The summed E-state index contributed by atoms with van der Waals surface area (Å²) in [5.74, 6) is -0.829. The van der Waals surface area contributed by atoms with Gasteiger partial charge in [0, 0.05) is 6.42 Å². The summed E-state index contributed by atoms with van der Waals surface area (Å²) in [5, 5.41) is 19.3. The smallest absolute Gasteiger partial charge is 0.338 e. The van der Waals surface area contributed by atoms with Gasteiger partial charge in [0.05, 0.1) is 25.3 Å². The summed E-state index contributed by atoms with van der Waals surface area (Å²) >= 11 is 0. The minimum atomic E-state index is -0.534. The topological polar surface area (TPSA) is 112 Å². The maximum atomic E-state index is 12.4. The molecular formula is C22H24O8. The molecule has 0 spiro atoms. The van der Waals surface area contributed by atoms with E-state index in [0.717, 1.165) is 6.42 Å². The van der Waals surface area contributed by atoms with Crippen LogP contribution in [0.1, 0.15) is 46.4 Å². The zero-order valence-electron chi connectivity index (χ0n) is 16.8. The van der Waals surface area contributed by atoms with Crippen molar-refractivity contribution in [3.63, 3.8) is 0 Å². The lowest BCUT2D eigenvalue weighted by Crippen LogP contribution is -2.31. The van der Waals surface area contributed by atoms with Crippen molar-refractivity contribution in [2.75, 3.05) is 14.2 Å². The van der Waals surface area contributed by atoms with E-state index in [4.69, 9.17) is 18.9 Å². The van der Waals surface area contributed by atoms with Gasteiger partial charge >= 0.3 is 11.9 Å². The lowest BCUT2D eigenvalue weighted by atomic mass is 9.94. The molecule has 1 aliphatic carbocycles. The van der Waals surface area contributed by atoms with E-state index in [-0.39, 0.29) is 34.1 Å². The normalized spacial score (nSPS) is 18.3. The summed E-state index contributed by atoms with van der Waals surface area (Å²) in [6, 6.07) is 8.48. The minimum Gasteiger partial charge on any atom is -0.504 e. The molecule has 2 N–H and O–H groups in total. The number of esters is 2. The standard InChI is InChI=1S/C22H24O8/c1-27-19-10-13(6-8-17(19)23)21(25)29-15-4-3-5-16(12-15)30-22(26)14-7-9-18(24)20(11-14)28-2/h6-11,15-16,23-24H,3-5,12H2,1-2H3/t15-,16+. The third-order valence-electron chi connectivity index (χ3n) is 4.96. The lowest BCUT2D eigenvalue weighted by Gasteiger charge is -2.28. The summed E-state index contributed by atoms with van der Waals surface area (Å²) in [5.41, 5.74) is 0.528. The van der Waals surface area contributed by atoms with Crippen LogP contribution in [0.4, 0.5) is 0 Å². The number of rotatable bonds is 6. The van der Waals surface area contributed by atoms with Crippen molar-refractivity contribution in [1.29, 1.82) is 0 Å². The molecule has 8 nitrogen and oxygen atoms in total. The van der Waals surface area contributed by atoms with Crippen LogP contribution in [0.3, 0.4) is 0 Å². The fourth-order valence-electron chi connectivity index (χ4n) is 3.36. The molecule has 0 saturated heterocycles. The van der Waals surface area contributed by atoms with Crippen molar-refractivity contribution < 1.29 is 38.7 Å². The number of carbonyl (C=O) groups excluding carboxylic acids is 2. The third-order valence-corrected chi connectivity index (χ3v) is 4.96. The zero-order valence-corrected chi connectivity index (χ0v) is 16.8. The molecule has 0 unspecified atom stereocenters. The molecule has 30 heavy (non-hydrogen) atoms. The largest absolute Gasteiger partial charge is 0.504 e. The molecular weight excluding hydrogens is 392 g/mol. The Hall–Kier alpha value is -3.42. The van der Waals surface area contributed by atoms with Gasteiger partial charge < -0.3 is 29.2 Å². The molecule has 8 heteroatoms. The predicted octanol–water partition coefficient (Wildman–Crippen LogP) is 3.44. The second-order valence-corrected chi connectivity index (χ2v) is 6.99. The summed E-state index contributed by atoms with van der Waals surface area (Å²) in [6.45, 7) is 0. The Labute approximate surface area is 173 Å². The van der Waals surface area contributed by atoms with Crippen molar-refractivity contribution in [1.82, 2.24) is 0 Å². The highest BCUT2D eigenvalue weighted by Gasteiger charge is 2.28. The van der Waals surface area contributed by atoms with Gasteiger partial charge in [0.1, 0.15) is 12.2 Å². The van der Waals surface area contributed by atoms with Crippen LogP contribution in [-0.4, -0.2) is 48.6 Å². The number of hydrogen-bond acceptors (Lipinski definition) is 8. The minimum absolute atomic E-state index is 0.0652. The van der Waals surface area contributed by atoms with Crippen LogP contribution in [-0.2, 0) is 9.47 Å². The van der Waals surface area contributed by atoms with E-state index in [0.29, 0.717) is 19.3 Å². The number of hydrogen-bond donors (Lipinski definition) is 2. The fourth-order valence-corrected chi connectivity index (χ4v) is 3.36. The van der Waals surface area contributed by atoms with E-state index in [9.17, 15) is 19.8 Å². The average Bonchev–Trinajstić information content (AvgIpc) is 2.74. The number of aromatic hydroxyl groups is 2. The molecule has 2 aromatic carbocycles. The molecule has 0 bridgehead atoms.